The number of alkyl halides is 1. The molecule has 0 bridgehead atoms. The van der Waals surface area contributed by atoms with E-state index in [0.717, 1.165) is 37.2 Å². The summed E-state index contributed by atoms with van der Waals surface area (Å²) in [6.07, 6.45) is 0.588. The van der Waals surface area contributed by atoms with Gasteiger partial charge in [0.25, 0.3) is 0 Å². The molecule has 0 radical (unpaired) electrons. The molecule has 1 aromatic carbocycles. The number of oxazole rings is 1. The van der Waals surface area contributed by atoms with Crippen molar-refractivity contribution in [3.05, 3.63) is 30.2 Å². The highest BCUT2D eigenvalue weighted by molar-refractivity contribution is 5.72. The van der Waals surface area contributed by atoms with E-state index in [4.69, 9.17) is 13.9 Å². The van der Waals surface area contributed by atoms with Gasteiger partial charge in [-0.1, -0.05) is 12.1 Å². The molecule has 0 saturated carbocycles. The van der Waals surface area contributed by atoms with Gasteiger partial charge in [0.2, 0.25) is 5.89 Å². The zero-order valence-corrected chi connectivity index (χ0v) is 13.0. The number of halogens is 1. The predicted octanol–water partition coefficient (Wildman–Crippen LogP) is 2.55. The normalized spacial score (nSPS) is 27.0. The molecular weight excluding hydrogens is 299 g/mol. The topological polar surface area (TPSA) is 47.7 Å². The fraction of sp³-hybridized carbons (Fsp3) is 0.588. The molecule has 5 nitrogen and oxygen atoms in total. The van der Waals surface area contributed by atoms with Crippen molar-refractivity contribution >= 4 is 11.1 Å². The van der Waals surface area contributed by atoms with E-state index in [2.05, 4.69) is 9.88 Å². The molecule has 2 aromatic rings. The molecule has 124 valence electrons. The molecule has 2 aliphatic heterocycles. The zero-order valence-electron chi connectivity index (χ0n) is 13.0. The van der Waals surface area contributed by atoms with Crippen LogP contribution in [0.2, 0.25) is 0 Å². The van der Waals surface area contributed by atoms with Crippen molar-refractivity contribution in [1.29, 1.82) is 0 Å². The van der Waals surface area contributed by atoms with Crippen LogP contribution in [0, 0.1) is 0 Å². The van der Waals surface area contributed by atoms with Crippen LogP contribution in [0.25, 0.3) is 11.1 Å². The molecule has 3 heterocycles. The standard InChI is InChI=1S/C17H21FN2O3/c18-13-9-20(12-5-7-21-8-6-12)10-16(13)22-11-17-19-14-3-1-2-4-15(14)23-17/h1-4,12-13,16H,5-11H2. The minimum absolute atomic E-state index is 0.210. The molecule has 2 saturated heterocycles. The first-order valence-electron chi connectivity index (χ1n) is 8.21. The summed E-state index contributed by atoms with van der Waals surface area (Å²) in [7, 11) is 0. The number of fused-ring (bicyclic) bond motifs is 1. The van der Waals surface area contributed by atoms with Crippen LogP contribution < -0.4 is 0 Å². The van der Waals surface area contributed by atoms with E-state index < -0.39 is 12.3 Å². The van der Waals surface area contributed by atoms with Crippen LogP contribution in [0.3, 0.4) is 0 Å². The molecule has 4 rings (SSSR count). The number of para-hydroxylation sites is 2. The number of likely N-dealkylation sites (tertiary alicyclic amines) is 1. The maximum atomic E-state index is 14.3. The summed E-state index contributed by atoms with van der Waals surface area (Å²) in [4.78, 5) is 6.56. The summed E-state index contributed by atoms with van der Waals surface area (Å²) in [5, 5.41) is 0. The van der Waals surface area contributed by atoms with E-state index in [9.17, 15) is 4.39 Å². The average molecular weight is 320 g/mol. The molecule has 0 amide bonds. The molecule has 0 aliphatic carbocycles. The Morgan fingerprint density at radius 2 is 2.04 bits per heavy atom. The lowest BCUT2D eigenvalue weighted by Gasteiger charge is -2.30. The first-order chi connectivity index (χ1) is 11.3. The maximum absolute atomic E-state index is 14.3. The van der Waals surface area contributed by atoms with Gasteiger partial charge in [0.15, 0.2) is 5.58 Å². The number of ether oxygens (including phenoxy) is 2. The van der Waals surface area contributed by atoms with Gasteiger partial charge in [0.05, 0.1) is 0 Å². The second kappa shape index (κ2) is 6.55. The SMILES string of the molecule is FC1CN(C2CCOCC2)CC1OCc1nc2ccccc2o1. The van der Waals surface area contributed by atoms with Crippen LogP contribution in [0.5, 0.6) is 0 Å². The Balaban J connectivity index is 1.35. The van der Waals surface area contributed by atoms with Crippen LogP contribution in [-0.2, 0) is 16.1 Å². The highest BCUT2D eigenvalue weighted by Gasteiger charge is 2.37. The summed E-state index contributed by atoms with van der Waals surface area (Å²) < 4.78 is 31.0. The number of nitrogens with zero attached hydrogens (tertiary/aromatic N) is 2. The maximum Gasteiger partial charge on any atom is 0.221 e. The minimum Gasteiger partial charge on any atom is -0.438 e. The number of aromatic nitrogens is 1. The molecule has 0 spiro atoms. The summed E-state index contributed by atoms with van der Waals surface area (Å²) in [6.45, 7) is 2.83. The van der Waals surface area contributed by atoms with Gasteiger partial charge in [0, 0.05) is 32.3 Å². The van der Waals surface area contributed by atoms with Crippen molar-refractivity contribution in [3.8, 4) is 0 Å². The van der Waals surface area contributed by atoms with Gasteiger partial charge in [-0.3, -0.25) is 4.90 Å². The Hall–Kier alpha value is -1.50. The monoisotopic (exact) mass is 320 g/mol. The third kappa shape index (κ3) is 3.24. The fourth-order valence-electron chi connectivity index (χ4n) is 3.43. The van der Waals surface area contributed by atoms with Crippen LogP contribution in [0.4, 0.5) is 4.39 Å². The molecule has 2 fully saturated rings. The smallest absolute Gasteiger partial charge is 0.221 e. The largest absolute Gasteiger partial charge is 0.438 e. The van der Waals surface area contributed by atoms with Crippen molar-refractivity contribution < 1.29 is 18.3 Å². The van der Waals surface area contributed by atoms with Gasteiger partial charge in [-0.2, -0.15) is 0 Å². The first kappa shape index (κ1) is 15.1. The molecular formula is C17H21FN2O3. The van der Waals surface area contributed by atoms with Gasteiger partial charge >= 0.3 is 0 Å². The van der Waals surface area contributed by atoms with E-state index in [-0.39, 0.29) is 6.61 Å². The van der Waals surface area contributed by atoms with Crippen LogP contribution >= 0.6 is 0 Å². The van der Waals surface area contributed by atoms with Crippen LogP contribution in [0.15, 0.2) is 28.7 Å². The Kier molecular flexibility index (Phi) is 4.29. The molecule has 2 aliphatic rings. The highest BCUT2D eigenvalue weighted by atomic mass is 19.1. The summed E-state index contributed by atoms with van der Waals surface area (Å²) in [5.74, 6) is 0.503. The number of rotatable bonds is 4. The quantitative estimate of drug-likeness (QED) is 0.866. The Morgan fingerprint density at radius 3 is 2.87 bits per heavy atom. The second-order valence-corrected chi connectivity index (χ2v) is 6.24. The van der Waals surface area contributed by atoms with Crippen molar-refractivity contribution in [2.45, 2.75) is 37.8 Å². The molecule has 23 heavy (non-hydrogen) atoms. The lowest BCUT2D eigenvalue weighted by atomic mass is 10.1. The van der Waals surface area contributed by atoms with Gasteiger partial charge in [-0.25, -0.2) is 9.37 Å². The lowest BCUT2D eigenvalue weighted by molar-refractivity contribution is -0.00227. The molecule has 2 atom stereocenters. The van der Waals surface area contributed by atoms with Gasteiger partial charge in [0.1, 0.15) is 24.4 Å². The number of benzene rings is 1. The van der Waals surface area contributed by atoms with E-state index in [1.807, 2.05) is 24.3 Å². The van der Waals surface area contributed by atoms with Crippen molar-refractivity contribution in [1.82, 2.24) is 9.88 Å². The number of hydrogen-bond donors (Lipinski definition) is 0. The summed E-state index contributed by atoms with van der Waals surface area (Å²) in [5.41, 5.74) is 1.54. The Bertz CT molecular complexity index is 623. The highest BCUT2D eigenvalue weighted by Crippen LogP contribution is 2.25. The molecule has 0 N–H and O–H groups in total. The van der Waals surface area contributed by atoms with E-state index in [1.54, 1.807) is 0 Å². The van der Waals surface area contributed by atoms with Crippen LogP contribution in [-0.4, -0.2) is 54.5 Å². The lowest BCUT2D eigenvalue weighted by Crippen LogP contribution is -2.38. The van der Waals surface area contributed by atoms with Crippen LogP contribution in [0.1, 0.15) is 18.7 Å². The summed E-state index contributed by atoms with van der Waals surface area (Å²) in [6, 6.07) is 7.99. The van der Waals surface area contributed by atoms with E-state index in [0.29, 0.717) is 25.0 Å². The Labute approximate surface area is 134 Å². The van der Waals surface area contributed by atoms with Gasteiger partial charge in [-0.05, 0) is 25.0 Å². The molecule has 1 aromatic heterocycles. The second-order valence-electron chi connectivity index (χ2n) is 6.24. The molecule has 2 unspecified atom stereocenters. The fourth-order valence-corrected chi connectivity index (χ4v) is 3.43. The van der Waals surface area contributed by atoms with E-state index >= 15 is 0 Å². The zero-order chi connectivity index (χ0) is 15.6. The first-order valence-corrected chi connectivity index (χ1v) is 8.21. The van der Waals surface area contributed by atoms with Crippen molar-refractivity contribution in [3.63, 3.8) is 0 Å². The van der Waals surface area contributed by atoms with E-state index in [1.165, 1.54) is 0 Å². The van der Waals surface area contributed by atoms with Gasteiger partial charge < -0.3 is 13.9 Å². The Morgan fingerprint density at radius 1 is 1.22 bits per heavy atom. The minimum atomic E-state index is -0.956. The molecule has 6 heteroatoms. The third-order valence-corrected chi connectivity index (χ3v) is 4.69. The number of hydrogen-bond acceptors (Lipinski definition) is 5. The van der Waals surface area contributed by atoms with Crippen molar-refractivity contribution in [2.75, 3.05) is 26.3 Å². The third-order valence-electron chi connectivity index (χ3n) is 4.69. The van der Waals surface area contributed by atoms with Gasteiger partial charge in [-0.15, -0.1) is 0 Å². The van der Waals surface area contributed by atoms with Crippen molar-refractivity contribution in [2.24, 2.45) is 0 Å². The summed E-state index contributed by atoms with van der Waals surface area (Å²) >= 11 is 0. The predicted molar refractivity (Wildman–Crippen MR) is 82.9 cm³/mol. The average Bonchev–Trinajstić information content (AvgIpc) is 3.16.